The summed E-state index contributed by atoms with van der Waals surface area (Å²) in [5.41, 5.74) is 7.06. The molecule has 1 heterocycles. The molecule has 0 fully saturated rings. The van der Waals surface area contributed by atoms with Gasteiger partial charge in [-0.05, 0) is 35.0 Å². The number of nitrogens with two attached hydrogens (primary N) is 1. The maximum atomic E-state index is 10.7. The standard InChI is InChI=1S/C10H11N5OS/c1-7-3-2-4-8(5-7)15-10(12-13-14-15)17-6-9(11)16/h2-5H,6H2,1H3,(H2,11,16). The van der Waals surface area contributed by atoms with Crippen molar-refractivity contribution in [3.63, 3.8) is 0 Å². The molecular weight excluding hydrogens is 238 g/mol. The van der Waals surface area contributed by atoms with Crippen molar-refractivity contribution >= 4 is 17.7 Å². The highest BCUT2D eigenvalue weighted by Gasteiger charge is 2.09. The van der Waals surface area contributed by atoms with Crippen molar-refractivity contribution in [2.75, 3.05) is 5.75 Å². The van der Waals surface area contributed by atoms with E-state index in [1.807, 2.05) is 31.2 Å². The van der Waals surface area contributed by atoms with Crippen LogP contribution in [0.5, 0.6) is 0 Å². The van der Waals surface area contributed by atoms with Crippen LogP contribution in [0.2, 0.25) is 0 Å². The predicted octanol–water partition coefficient (Wildman–Crippen LogP) is 0.548. The van der Waals surface area contributed by atoms with E-state index in [1.54, 1.807) is 4.68 Å². The van der Waals surface area contributed by atoms with E-state index < -0.39 is 5.91 Å². The van der Waals surface area contributed by atoms with E-state index in [0.717, 1.165) is 11.3 Å². The van der Waals surface area contributed by atoms with Gasteiger partial charge < -0.3 is 5.73 Å². The van der Waals surface area contributed by atoms with Gasteiger partial charge in [-0.2, -0.15) is 4.68 Å². The maximum Gasteiger partial charge on any atom is 0.227 e. The number of benzene rings is 1. The first kappa shape index (κ1) is 11.6. The summed E-state index contributed by atoms with van der Waals surface area (Å²) in [5.74, 6) is -0.236. The number of hydrogen-bond donors (Lipinski definition) is 1. The number of nitrogens with zero attached hydrogens (tertiary/aromatic N) is 4. The van der Waals surface area contributed by atoms with E-state index in [9.17, 15) is 4.79 Å². The fourth-order valence-corrected chi connectivity index (χ4v) is 1.96. The summed E-state index contributed by atoms with van der Waals surface area (Å²) in [6, 6.07) is 7.78. The summed E-state index contributed by atoms with van der Waals surface area (Å²) in [6.45, 7) is 1.99. The van der Waals surface area contributed by atoms with Crippen LogP contribution in [0.25, 0.3) is 5.69 Å². The molecule has 1 aromatic carbocycles. The minimum atomic E-state index is -0.395. The smallest absolute Gasteiger partial charge is 0.227 e. The van der Waals surface area contributed by atoms with Crippen molar-refractivity contribution in [1.29, 1.82) is 0 Å². The molecule has 6 nitrogen and oxygen atoms in total. The largest absolute Gasteiger partial charge is 0.369 e. The lowest BCUT2D eigenvalue weighted by molar-refractivity contribution is -0.115. The first-order valence-electron chi connectivity index (χ1n) is 4.93. The van der Waals surface area contributed by atoms with Crippen molar-refractivity contribution in [1.82, 2.24) is 20.2 Å². The molecule has 0 saturated carbocycles. The normalized spacial score (nSPS) is 10.4. The Kier molecular flexibility index (Phi) is 3.38. The van der Waals surface area contributed by atoms with E-state index in [4.69, 9.17) is 5.73 Å². The number of rotatable bonds is 4. The summed E-state index contributed by atoms with van der Waals surface area (Å²) in [5, 5.41) is 11.9. The zero-order valence-electron chi connectivity index (χ0n) is 9.20. The molecule has 0 radical (unpaired) electrons. The van der Waals surface area contributed by atoms with Crippen LogP contribution in [0.15, 0.2) is 29.4 Å². The van der Waals surface area contributed by atoms with Crippen molar-refractivity contribution in [2.45, 2.75) is 12.1 Å². The number of primary amides is 1. The number of amides is 1. The zero-order chi connectivity index (χ0) is 12.3. The quantitative estimate of drug-likeness (QED) is 0.799. The molecular formula is C10H11N5OS. The Bertz CT molecular complexity index is 539. The average Bonchev–Trinajstić information content (AvgIpc) is 2.74. The summed E-state index contributed by atoms with van der Waals surface area (Å²) in [6.07, 6.45) is 0. The third kappa shape index (κ3) is 2.82. The average molecular weight is 249 g/mol. The fraction of sp³-hybridized carbons (Fsp3) is 0.200. The first-order valence-corrected chi connectivity index (χ1v) is 5.92. The first-order chi connectivity index (χ1) is 8.16. The van der Waals surface area contributed by atoms with Crippen LogP contribution in [0.1, 0.15) is 5.56 Å². The summed E-state index contributed by atoms with van der Waals surface area (Å²) in [7, 11) is 0. The molecule has 0 saturated heterocycles. The molecule has 2 rings (SSSR count). The molecule has 7 heteroatoms. The van der Waals surface area contributed by atoms with Gasteiger partial charge >= 0.3 is 0 Å². The molecule has 2 aromatic rings. The molecule has 0 bridgehead atoms. The number of carbonyl (C=O) groups is 1. The Balaban J connectivity index is 2.27. The van der Waals surface area contributed by atoms with E-state index in [-0.39, 0.29) is 5.75 Å². The lowest BCUT2D eigenvalue weighted by Crippen LogP contribution is -2.13. The second-order valence-corrected chi connectivity index (χ2v) is 4.41. The van der Waals surface area contributed by atoms with Gasteiger partial charge in [-0.15, -0.1) is 5.10 Å². The third-order valence-electron chi connectivity index (χ3n) is 2.03. The molecule has 0 aliphatic carbocycles. The third-order valence-corrected chi connectivity index (χ3v) is 2.97. The van der Waals surface area contributed by atoms with Gasteiger partial charge in [0.15, 0.2) is 0 Å². The Labute approximate surface area is 102 Å². The lowest BCUT2D eigenvalue weighted by Gasteiger charge is -2.03. The molecule has 0 unspecified atom stereocenters. The monoisotopic (exact) mass is 249 g/mol. The van der Waals surface area contributed by atoms with Gasteiger partial charge in [0, 0.05) is 0 Å². The van der Waals surface area contributed by atoms with Crippen LogP contribution in [0.3, 0.4) is 0 Å². The molecule has 1 aromatic heterocycles. The number of aryl methyl sites for hydroxylation is 1. The van der Waals surface area contributed by atoms with E-state index >= 15 is 0 Å². The number of carbonyl (C=O) groups excluding carboxylic acids is 1. The van der Waals surface area contributed by atoms with Gasteiger partial charge in [-0.3, -0.25) is 4.79 Å². The van der Waals surface area contributed by atoms with Gasteiger partial charge in [0.1, 0.15) is 0 Å². The summed E-state index contributed by atoms with van der Waals surface area (Å²) in [4.78, 5) is 10.7. The van der Waals surface area contributed by atoms with E-state index in [2.05, 4.69) is 15.5 Å². The number of aromatic nitrogens is 4. The van der Waals surface area contributed by atoms with Crippen LogP contribution < -0.4 is 5.73 Å². The molecule has 0 aliphatic rings. The second kappa shape index (κ2) is 4.96. The van der Waals surface area contributed by atoms with Crippen molar-refractivity contribution in [3.8, 4) is 5.69 Å². The highest BCUT2D eigenvalue weighted by molar-refractivity contribution is 7.99. The Morgan fingerprint density at radius 3 is 3.06 bits per heavy atom. The SMILES string of the molecule is Cc1cccc(-n2nnnc2SCC(N)=O)c1. The highest BCUT2D eigenvalue weighted by atomic mass is 32.2. The molecule has 2 N–H and O–H groups in total. The van der Waals surface area contributed by atoms with Gasteiger partial charge in [-0.25, -0.2) is 0 Å². The van der Waals surface area contributed by atoms with Gasteiger partial charge in [-0.1, -0.05) is 23.9 Å². The Morgan fingerprint density at radius 2 is 2.35 bits per heavy atom. The van der Waals surface area contributed by atoms with Gasteiger partial charge in [0.05, 0.1) is 11.4 Å². The second-order valence-electron chi connectivity index (χ2n) is 3.47. The lowest BCUT2D eigenvalue weighted by atomic mass is 10.2. The minimum Gasteiger partial charge on any atom is -0.369 e. The number of tetrazole rings is 1. The molecule has 0 atom stereocenters. The van der Waals surface area contributed by atoms with Crippen molar-refractivity contribution in [2.24, 2.45) is 5.73 Å². The molecule has 88 valence electrons. The van der Waals surface area contributed by atoms with E-state index in [1.165, 1.54) is 11.8 Å². The van der Waals surface area contributed by atoms with Crippen LogP contribution >= 0.6 is 11.8 Å². The van der Waals surface area contributed by atoms with Crippen molar-refractivity contribution in [3.05, 3.63) is 29.8 Å². The van der Waals surface area contributed by atoms with Gasteiger partial charge in [0.2, 0.25) is 11.1 Å². The predicted molar refractivity (Wildman–Crippen MR) is 63.8 cm³/mol. The van der Waals surface area contributed by atoms with Gasteiger partial charge in [0.25, 0.3) is 0 Å². The summed E-state index contributed by atoms with van der Waals surface area (Å²) < 4.78 is 1.58. The topological polar surface area (TPSA) is 86.7 Å². The van der Waals surface area contributed by atoms with E-state index in [0.29, 0.717) is 5.16 Å². The van der Waals surface area contributed by atoms with Crippen LogP contribution in [0.4, 0.5) is 0 Å². The Morgan fingerprint density at radius 1 is 1.53 bits per heavy atom. The zero-order valence-corrected chi connectivity index (χ0v) is 10.0. The number of thioether (sulfide) groups is 1. The molecule has 0 aliphatic heterocycles. The van der Waals surface area contributed by atoms with Crippen molar-refractivity contribution < 1.29 is 4.79 Å². The Hall–Kier alpha value is -1.89. The summed E-state index contributed by atoms with van der Waals surface area (Å²) >= 11 is 1.21. The van der Waals surface area contributed by atoms with Crippen LogP contribution in [0, 0.1) is 6.92 Å². The highest BCUT2D eigenvalue weighted by Crippen LogP contribution is 2.18. The molecule has 0 spiro atoms. The van der Waals surface area contributed by atoms with Crippen LogP contribution in [-0.4, -0.2) is 31.9 Å². The number of hydrogen-bond acceptors (Lipinski definition) is 5. The minimum absolute atomic E-state index is 0.159. The van der Waals surface area contributed by atoms with Crippen LogP contribution in [-0.2, 0) is 4.79 Å². The molecule has 1 amide bonds. The molecule has 17 heavy (non-hydrogen) atoms. The fourth-order valence-electron chi connectivity index (χ4n) is 1.33. The maximum absolute atomic E-state index is 10.7.